The molecular formula is C22H25N3O3. The van der Waals surface area contributed by atoms with Crippen molar-refractivity contribution < 1.29 is 14.4 Å². The van der Waals surface area contributed by atoms with Crippen LogP contribution in [-0.2, 0) is 16.0 Å². The molecule has 1 N–H and O–H groups in total. The number of carbonyl (C=O) groups excluding carboxylic acids is 3. The fourth-order valence-corrected chi connectivity index (χ4v) is 4.91. The first-order valence-electron chi connectivity index (χ1n) is 9.92. The van der Waals surface area contributed by atoms with Crippen LogP contribution in [0.5, 0.6) is 0 Å². The van der Waals surface area contributed by atoms with Crippen LogP contribution in [0.3, 0.4) is 0 Å². The zero-order valence-corrected chi connectivity index (χ0v) is 16.1. The highest BCUT2D eigenvalue weighted by Crippen LogP contribution is 2.38. The molecule has 2 heterocycles. The van der Waals surface area contributed by atoms with Gasteiger partial charge in [-0.1, -0.05) is 0 Å². The minimum atomic E-state index is -0.113. The van der Waals surface area contributed by atoms with Crippen LogP contribution in [0.2, 0.25) is 0 Å². The van der Waals surface area contributed by atoms with Gasteiger partial charge in [0.2, 0.25) is 11.8 Å². The maximum Gasteiger partial charge on any atom is 0.251 e. The van der Waals surface area contributed by atoms with E-state index in [1.807, 2.05) is 17.0 Å². The topological polar surface area (TPSA) is 69.7 Å². The molecule has 1 saturated heterocycles. The van der Waals surface area contributed by atoms with E-state index in [4.69, 9.17) is 6.42 Å². The third-order valence-electron chi connectivity index (χ3n) is 6.22. The van der Waals surface area contributed by atoms with Gasteiger partial charge in [-0.25, -0.2) is 0 Å². The molecule has 6 heteroatoms. The van der Waals surface area contributed by atoms with Gasteiger partial charge in [0, 0.05) is 50.1 Å². The van der Waals surface area contributed by atoms with E-state index >= 15 is 0 Å². The standard InChI is InChI=1S/C22H25N3O3/c1-3-4-5-21(27)25-13-15-10-18(20(25)11-15)23-22(28)17-6-7-19-16(12-17)8-9-24(19)14(2)26/h1,6-7,12,15,18,20H,4-5,8-11,13H2,2H3,(H,23,28)/t15-,18-,20-/m1/s1. The summed E-state index contributed by atoms with van der Waals surface area (Å²) in [5, 5.41) is 3.14. The SMILES string of the molecule is C#CCCC(=O)N1C[C@H]2C[C@@H]1[C@H](NC(=O)c1ccc3c(c1)CCN3C(C)=O)C2. The number of likely N-dealkylation sites (tertiary alicyclic amines) is 1. The van der Waals surface area contributed by atoms with E-state index in [2.05, 4.69) is 11.2 Å². The van der Waals surface area contributed by atoms with Crippen molar-refractivity contribution in [1.29, 1.82) is 0 Å². The average molecular weight is 379 g/mol. The highest BCUT2D eigenvalue weighted by molar-refractivity contribution is 5.98. The Bertz CT molecular complexity index is 872. The number of terminal acetylenes is 1. The number of carbonyl (C=O) groups is 3. The third kappa shape index (κ3) is 3.26. The number of benzene rings is 1. The quantitative estimate of drug-likeness (QED) is 0.810. The van der Waals surface area contributed by atoms with Crippen LogP contribution in [0.25, 0.3) is 0 Å². The van der Waals surface area contributed by atoms with Gasteiger partial charge in [-0.2, -0.15) is 0 Å². The molecule has 2 fully saturated rings. The van der Waals surface area contributed by atoms with Crippen LogP contribution in [-0.4, -0.2) is 47.8 Å². The zero-order chi connectivity index (χ0) is 19.8. The predicted molar refractivity (Wildman–Crippen MR) is 106 cm³/mol. The summed E-state index contributed by atoms with van der Waals surface area (Å²) in [6, 6.07) is 5.58. The van der Waals surface area contributed by atoms with Crippen LogP contribution >= 0.6 is 0 Å². The largest absolute Gasteiger partial charge is 0.347 e. The summed E-state index contributed by atoms with van der Waals surface area (Å²) in [6.45, 7) is 3.00. The molecule has 28 heavy (non-hydrogen) atoms. The minimum Gasteiger partial charge on any atom is -0.347 e. The van der Waals surface area contributed by atoms with Gasteiger partial charge in [-0.05, 0) is 48.9 Å². The smallest absolute Gasteiger partial charge is 0.251 e. The minimum absolute atomic E-state index is 0.0111. The Hall–Kier alpha value is -2.81. The Kier molecular flexibility index (Phi) is 4.84. The van der Waals surface area contributed by atoms with Gasteiger partial charge < -0.3 is 15.1 Å². The van der Waals surface area contributed by atoms with Crippen LogP contribution < -0.4 is 10.2 Å². The van der Waals surface area contributed by atoms with Gasteiger partial charge in [0.15, 0.2) is 0 Å². The molecule has 4 rings (SSSR count). The van der Waals surface area contributed by atoms with Crippen LogP contribution in [0.1, 0.15) is 48.5 Å². The van der Waals surface area contributed by atoms with Crippen LogP contribution in [0.4, 0.5) is 5.69 Å². The van der Waals surface area contributed by atoms with Gasteiger partial charge in [0.05, 0.1) is 6.04 Å². The number of amides is 3. The summed E-state index contributed by atoms with van der Waals surface area (Å²) in [5.41, 5.74) is 2.54. The van der Waals surface area contributed by atoms with E-state index in [0.29, 0.717) is 30.9 Å². The Morgan fingerprint density at radius 1 is 1.29 bits per heavy atom. The maximum absolute atomic E-state index is 12.8. The number of hydrogen-bond acceptors (Lipinski definition) is 3. The van der Waals surface area contributed by atoms with Crippen molar-refractivity contribution in [2.24, 2.45) is 5.92 Å². The number of piperidine rings is 1. The molecule has 1 aliphatic carbocycles. The molecule has 1 aromatic rings. The highest BCUT2D eigenvalue weighted by atomic mass is 16.2. The lowest BCUT2D eigenvalue weighted by atomic mass is 10.0. The van der Waals surface area contributed by atoms with E-state index in [9.17, 15) is 14.4 Å². The highest BCUT2D eigenvalue weighted by Gasteiger charge is 2.47. The molecule has 2 aliphatic heterocycles. The summed E-state index contributed by atoms with van der Waals surface area (Å²) in [7, 11) is 0. The normalized spacial score (nSPS) is 24.8. The Labute approximate surface area is 165 Å². The first-order chi connectivity index (χ1) is 13.5. The molecule has 3 aliphatic rings. The van der Waals surface area contributed by atoms with Crippen molar-refractivity contribution >= 4 is 23.4 Å². The molecule has 3 amide bonds. The van der Waals surface area contributed by atoms with Gasteiger partial charge >= 0.3 is 0 Å². The van der Waals surface area contributed by atoms with Crippen molar-refractivity contribution in [3.63, 3.8) is 0 Å². The van der Waals surface area contributed by atoms with Crippen molar-refractivity contribution in [2.75, 3.05) is 18.0 Å². The lowest BCUT2D eigenvalue weighted by Gasteiger charge is -2.33. The number of hydrogen-bond donors (Lipinski definition) is 1. The van der Waals surface area contributed by atoms with E-state index < -0.39 is 0 Å². The average Bonchev–Trinajstić information content (AvgIpc) is 3.38. The van der Waals surface area contributed by atoms with Gasteiger partial charge in [-0.15, -0.1) is 12.3 Å². The molecule has 1 saturated carbocycles. The maximum atomic E-state index is 12.8. The van der Waals surface area contributed by atoms with E-state index in [1.165, 1.54) is 0 Å². The lowest BCUT2D eigenvalue weighted by molar-refractivity contribution is -0.133. The van der Waals surface area contributed by atoms with Gasteiger partial charge in [0.25, 0.3) is 5.91 Å². The number of nitrogens with one attached hydrogen (secondary N) is 1. The van der Waals surface area contributed by atoms with Crippen LogP contribution in [0, 0.1) is 18.3 Å². The molecule has 2 bridgehead atoms. The van der Waals surface area contributed by atoms with Crippen LogP contribution in [0.15, 0.2) is 18.2 Å². The fourth-order valence-electron chi connectivity index (χ4n) is 4.91. The van der Waals surface area contributed by atoms with Gasteiger partial charge in [0.1, 0.15) is 0 Å². The summed E-state index contributed by atoms with van der Waals surface area (Å²) in [4.78, 5) is 40.5. The summed E-state index contributed by atoms with van der Waals surface area (Å²) in [5.74, 6) is 2.97. The van der Waals surface area contributed by atoms with Crippen molar-refractivity contribution in [2.45, 2.75) is 51.1 Å². The summed E-state index contributed by atoms with van der Waals surface area (Å²) in [6.07, 6.45) is 8.73. The van der Waals surface area contributed by atoms with E-state index in [0.717, 1.165) is 37.1 Å². The first-order valence-corrected chi connectivity index (χ1v) is 9.92. The zero-order valence-electron chi connectivity index (χ0n) is 16.1. The second-order valence-electron chi connectivity index (χ2n) is 8.00. The number of rotatable bonds is 4. The van der Waals surface area contributed by atoms with Crippen molar-refractivity contribution in [3.05, 3.63) is 29.3 Å². The number of nitrogens with zero attached hydrogens (tertiary/aromatic N) is 2. The second kappa shape index (κ2) is 7.31. The molecule has 0 aromatic heterocycles. The summed E-state index contributed by atoms with van der Waals surface area (Å²) < 4.78 is 0. The number of fused-ring (bicyclic) bond motifs is 3. The van der Waals surface area contributed by atoms with Crippen molar-refractivity contribution in [3.8, 4) is 12.3 Å². The molecule has 0 radical (unpaired) electrons. The monoisotopic (exact) mass is 379 g/mol. The number of anilines is 1. The Balaban J connectivity index is 1.43. The first kappa shape index (κ1) is 18.5. The fraction of sp³-hybridized carbons (Fsp3) is 0.500. The van der Waals surface area contributed by atoms with E-state index in [1.54, 1.807) is 17.9 Å². The van der Waals surface area contributed by atoms with Gasteiger partial charge in [-0.3, -0.25) is 14.4 Å². The Morgan fingerprint density at radius 2 is 2.11 bits per heavy atom. The second-order valence-corrected chi connectivity index (χ2v) is 8.00. The lowest BCUT2D eigenvalue weighted by Crippen LogP contribution is -2.51. The molecule has 146 valence electrons. The molecule has 0 spiro atoms. The molecule has 3 atom stereocenters. The summed E-state index contributed by atoms with van der Waals surface area (Å²) >= 11 is 0. The molecular weight excluding hydrogens is 354 g/mol. The predicted octanol–water partition coefficient (Wildman–Crippen LogP) is 1.73. The third-order valence-corrected chi connectivity index (χ3v) is 6.22. The molecule has 0 unspecified atom stereocenters. The Morgan fingerprint density at radius 3 is 2.82 bits per heavy atom. The van der Waals surface area contributed by atoms with E-state index in [-0.39, 0.29) is 29.8 Å². The molecule has 6 nitrogen and oxygen atoms in total. The van der Waals surface area contributed by atoms with Crippen molar-refractivity contribution in [1.82, 2.24) is 10.2 Å². The molecule has 1 aromatic carbocycles.